The molecule has 0 bridgehead atoms. The molecule has 1 rings (SSSR count). The summed E-state index contributed by atoms with van der Waals surface area (Å²) in [5, 5.41) is 0.832. The van der Waals surface area contributed by atoms with Gasteiger partial charge in [-0.2, -0.15) is 13.2 Å². The number of hydrogen-bond acceptors (Lipinski definition) is 0. The topological polar surface area (TPSA) is 0 Å². The van der Waals surface area contributed by atoms with Crippen LogP contribution in [0.3, 0.4) is 0 Å². The summed E-state index contributed by atoms with van der Waals surface area (Å²) in [5.41, 5.74) is 0.412. The van der Waals surface area contributed by atoms with Gasteiger partial charge in [0.2, 0.25) is 0 Å². The highest BCUT2D eigenvalue weighted by molar-refractivity contribution is 9.09. The molecule has 0 N–H and O–H groups in total. The van der Waals surface area contributed by atoms with Crippen molar-refractivity contribution in [1.82, 2.24) is 0 Å². The maximum Gasteiger partial charge on any atom is 0.416 e. The summed E-state index contributed by atoms with van der Waals surface area (Å²) in [6.07, 6.45) is -3.48. The molecule has 102 valence electrons. The Hall–Kier alpha value is -0.510. The van der Waals surface area contributed by atoms with Crippen molar-refractivity contribution < 1.29 is 13.2 Å². The van der Waals surface area contributed by atoms with Gasteiger partial charge in [-0.05, 0) is 35.4 Å². The van der Waals surface area contributed by atoms with E-state index in [2.05, 4.69) is 36.7 Å². The van der Waals surface area contributed by atoms with Crippen molar-refractivity contribution in [2.45, 2.75) is 33.4 Å². The molecule has 0 aromatic heterocycles. The summed E-state index contributed by atoms with van der Waals surface area (Å²) in [6, 6.07) is 5.47. The fourth-order valence-corrected chi connectivity index (χ4v) is 2.53. The highest BCUT2D eigenvalue weighted by Gasteiger charge is 2.31. The highest BCUT2D eigenvalue weighted by atomic mass is 79.9. The molecule has 0 spiro atoms. The Bertz CT molecular complexity index is 381. The molecule has 0 nitrogen and oxygen atoms in total. The van der Waals surface area contributed by atoms with Crippen LogP contribution < -0.4 is 0 Å². The average molecular weight is 323 g/mol. The van der Waals surface area contributed by atoms with Gasteiger partial charge in [-0.15, -0.1) is 0 Å². The minimum Gasteiger partial charge on any atom is -0.166 e. The smallest absolute Gasteiger partial charge is 0.166 e. The molecule has 0 aliphatic heterocycles. The first kappa shape index (κ1) is 15.5. The average Bonchev–Trinajstić information content (AvgIpc) is 2.28. The van der Waals surface area contributed by atoms with Crippen LogP contribution in [0.5, 0.6) is 0 Å². The van der Waals surface area contributed by atoms with Gasteiger partial charge in [0.25, 0.3) is 0 Å². The molecular formula is C14H18BrF3. The third-order valence-corrected chi connectivity index (χ3v) is 4.87. The lowest BCUT2D eigenvalue weighted by Crippen LogP contribution is -2.28. The fourth-order valence-electron chi connectivity index (χ4n) is 1.68. The van der Waals surface area contributed by atoms with Gasteiger partial charge in [0.15, 0.2) is 0 Å². The zero-order valence-corrected chi connectivity index (χ0v) is 12.4. The molecule has 0 saturated carbocycles. The summed E-state index contributed by atoms with van der Waals surface area (Å²) in [5.74, 6) is 0.458. The van der Waals surface area contributed by atoms with E-state index in [9.17, 15) is 13.2 Å². The van der Waals surface area contributed by atoms with Crippen molar-refractivity contribution in [3.63, 3.8) is 0 Å². The number of halogens is 4. The lowest BCUT2D eigenvalue weighted by molar-refractivity contribution is -0.137. The zero-order valence-electron chi connectivity index (χ0n) is 10.8. The predicted molar refractivity (Wildman–Crippen MR) is 71.9 cm³/mol. The molecule has 0 amide bonds. The van der Waals surface area contributed by atoms with Crippen LogP contribution in [0.2, 0.25) is 0 Å². The summed E-state index contributed by atoms with van der Waals surface area (Å²) in [6.45, 7) is 6.40. The van der Waals surface area contributed by atoms with Crippen molar-refractivity contribution in [3.8, 4) is 0 Å². The van der Waals surface area contributed by atoms with Crippen molar-refractivity contribution in [3.05, 3.63) is 35.4 Å². The summed E-state index contributed by atoms with van der Waals surface area (Å²) in [7, 11) is 0. The Morgan fingerprint density at radius 3 is 1.94 bits per heavy atom. The molecule has 1 aromatic carbocycles. The Morgan fingerprint density at radius 2 is 1.61 bits per heavy atom. The molecule has 4 heteroatoms. The number of rotatable bonds is 4. The monoisotopic (exact) mass is 322 g/mol. The number of benzene rings is 1. The van der Waals surface area contributed by atoms with Crippen LogP contribution in [0.15, 0.2) is 24.3 Å². The van der Waals surface area contributed by atoms with Crippen LogP contribution in [0.25, 0.3) is 0 Å². The summed E-state index contributed by atoms with van der Waals surface area (Å²) in [4.78, 5) is 0. The van der Waals surface area contributed by atoms with E-state index in [1.807, 2.05) is 0 Å². The Balaban J connectivity index is 2.87. The molecule has 0 saturated heterocycles. The van der Waals surface area contributed by atoms with E-state index >= 15 is 0 Å². The van der Waals surface area contributed by atoms with Crippen LogP contribution in [-0.2, 0) is 12.6 Å². The lowest BCUT2D eigenvalue weighted by atomic mass is 9.76. The van der Waals surface area contributed by atoms with E-state index in [0.29, 0.717) is 5.92 Å². The van der Waals surface area contributed by atoms with Crippen molar-refractivity contribution in [1.29, 1.82) is 0 Å². The maximum absolute atomic E-state index is 12.4. The van der Waals surface area contributed by atoms with Gasteiger partial charge in [-0.1, -0.05) is 48.8 Å². The normalized spacial score (nSPS) is 15.8. The minimum atomic E-state index is -4.25. The van der Waals surface area contributed by atoms with E-state index in [-0.39, 0.29) is 5.41 Å². The predicted octanol–water partition coefficient (Wildman–Crippen LogP) is 5.31. The van der Waals surface area contributed by atoms with Gasteiger partial charge < -0.3 is 0 Å². The van der Waals surface area contributed by atoms with E-state index < -0.39 is 11.7 Å². The maximum atomic E-state index is 12.4. The molecular weight excluding hydrogens is 305 g/mol. The summed E-state index contributed by atoms with van der Waals surface area (Å²) >= 11 is 3.50. The quantitative estimate of drug-likeness (QED) is 0.659. The third-order valence-electron chi connectivity index (χ3n) is 3.59. The van der Waals surface area contributed by atoms with Crippen molar-refractivity contribution in [2.24, 2.45) is 11.3 Å². The molecule has 1 unspecified atom stereocenters. The lowest BCUT2D eigenvalue weighted by Gasteiger charge is -2.32. The molecule has 0 aliphatic rings. The van der Waals surface area contributed by atoms with Gasteiger partial charge >= 0.3 is 6.18 Å². The van der Waals surface area contributed by atoms with E-state index in [4.69, 9.17) is 0 Å². The third kappa shape index (κ3) is 3.74. The van der Waals surface area contributed by atoms with E-state index in [1.54, 1.807) is 12.1 Å². The second-order valence-electron chi connectivity index (χ2n) is 5.31. The summed E-state index contributed by atoms with van der Waals surface area (Å²) < 4.78 is 37.3. The van der Waals surface area contributed by atoms with Crippen LogP contribution >= 0.6 is 15.9 Å². The highest BCUT2D eigenvalue weighted by Crippen LogP contribution is 2.34. The first-order valence-electron chi connectivity index (χ1n) is 5.91. The minimum absolute atomic E-state index is 0.0553. The van der Waals surface area contributed by atoms with Crippen LogP contribution in [0, 0.1) is 11.3 Å². The SMILES string of the molecule is CC(C)C(C)(CBr)Cc1ccc(C(F)(F)F)cc1. The van der Waals surface area contributed by atoms with Crippen molar-refractivity contribution in [2.75, 3.05) is 5.33 Å². The molecule has 0 aliphatic carbocycles. The molecule has 0 fully saturated rings. The van der Waals surface area contributed by atoms with Crippen molar-refractivity contribution >= 4 is 15.9 Å². The zero-order chi connectivity index (χ0) is 14.0. The van der Waals surface area contributed by atoms with Gasteiger partial charge in [-0.3, -0.25) is 0 Å². The second kappa shape index (κ2) is 5.64. The first-order valence-corrected chi connectivity index (χ1v) is 7.03. The van der Waals surface area contributed by atoms with Gasteiger partial charge in [0, 0.05) is 5.33 Å². The molecule has 1 atom stereocenters. The van der Waals surface area contributed by atoms with Crippen LogP contribution in [0.4, 0.5) is 13.2 Å². The molecule has 18 heavy (non-hydrogen) atoms. The fraction of sp³-hybridized carbons (Fsp3) is 0.571. The Morgan fingerprint density at radius 1 is 1.11 bits per heavy atom. The van der Waals surface area contributed by atoms with Gasteiger partial charge in [0.1, 0.15) is 0 Å². The number of hydrogen-bond donors (Lipinski definition) is 0. The molecule has 0 radical (unpaired) electrons. The van der Waals surface area contributed by atoms with E-state index in [1.165, 1.54) is 0 Å². The van der Waals surface area contributed by atoms with Gasteiger partial charge in [-0.25, -0.2) is 0 Å². The Kier molecular flexibility index (Phi) is 4.87. The largest absolute Gasteiger partial charge is 0.416 e. The standard InChI is InChI=1S/C14H18BrF3/c1-10(2)13(3,9-15)8-11-4-6-12(7-5-11)14(16,17)18/h4-7,10H,8-9H2,1-3H3. The molecule has 0 heterocycles. The number of alkyl halides is 4. The molecule has 1 aromatic rings. The van der Waals surface area contributed by atoms with Crippen LogP contribution in [-0.4, -0.2) is 5.33 Å². The first-order chi connectivity index (χ1) is 8.19. The second-order valence-corrected chi connectivity index (χ2v) is 5.87. The van der Waals surface area contributed by atoms with Gasteiger partial charge in [0.05, 0.1) is 5.56 Å². The van der Waals surface area contributed by atoms with E-state index in [0.717, 1.165) is 29.4 Å². The Labute approximate surface area is 115 Å². The van der Waals surface area contributed by atoms with Crippen LogP contribution in [0.1, 0.15) is 31.9 Å².